The third kappa shape index (κ3) is 5.98. The van der Waals surface area contributed by atoms with Crippen molar-refractivity contribution in [3.05, 3.63) is 32.6 Å². The molecule has 1 aromatic heterocycles. The van der Waals surface area contributed by atoms with Gasteiger partial charge in [0.2, 0.25) is 0 Å². The molecular weight excluding hydrogens is 395 g/mol. The zero-order valence-corrected chi connectivity index (χ0v) is 19.2. The Balaban J connectivity index is 2.21. The lowest BCUT2D eigenvalue weighted by Gasteiger charge is -2.36. The van der Waals surface area contributed by atoms with Gasteiger partial charge >= 0.3 is 14.2 Å². The Hall–Kier alpha value is -1.54. The average molecular weight is 428 g/mol. The van der Waals surface area contributed by atoms with Crippen LogP contribution in [0.25, 0.3) is 0 Å². The first-order valence-electron chi connectivity index (χ1n) is 10.0. The van der Waals surface area contributed by atoms with Gasteiger partial charge in [-0.3, -0.25) is 19.3 Å². The number of hydrogen-bond acceptors (Lipinski definition) is 7. The van der Waals surface area contributed by atoms with Crippen LogP contribution in [0.15, 0.2) is 20.8 Å². The molecule has 0 aromatic carbocycles. The summed E-state index contributed by atoms with van der Waals surface area (Å²) in [7, 11) is -1.40. The molecule has 164 valence electrons. The van der Waals surface area contributed by atoms with E-state index in [0.717, 1.165) is 0 Å². The van der Waals surface area contributed by atoms with Crippen molar-refractivity contribution < 1.29 is 13.8 Å². The highest BCUT2D eigenvalue weighted by Crippen LogP contribution is 2.49. The predicted octanol–water partition coefficient (Wildman–Crippen LogP) is 2.95. The molecule has 1 saturated heterocycles. The molecule has 29 heavy (non-hydrogen) atoms. The summed E-state index contributed by atoms with van der Waals surface area (Å²) in [6, 6.07) is 0.433. The number of aliphatic imine (C=N–C) groups is 1. The first kappa shape index (κ1) is 23.7. The number of hydrogen-bond donors (Lipinski definition) is 1. The Bertz CT molecular complexity index is 799. The van der Waals surface area contributed by atoms with Gasteiger partial charge in [-0.2, -0.15) is 0 Å². The van der Waals surface area contributed by atoms with Crippen LogP contribution in [-0.2, 0) is 13.8 Å². The van der Waals surface area contributed by atoms with Gasteiger partial charge in [0, 0.05) is 36.8 Å². The Morgan fingerprint density at radius 2 is 2.03 bits per heavy atom. The molecule has 0 aliphatic carbocycles. The molecule has 3 unspecified atom stereocenters. The van der Waals surface area contributed by atoms with Crippen molar-refractivity contribution in [2.75, 3.05) is 6.54 Å². The lowest BCUT2D eigenvalue weighted by atomic mass is 10.2. The second kappa shape index (κ2) is 10.5. The number of H-pyrrole nitrogens is 1. The Kier molecular flexibility index (Phi) is 8.58. The van der Waals surface area contributed by atoms with Gasteiger partial charge < -0.3 is 13.8 Å². The van der Waals surface area contributed by atoms with Crippen molar-refractivity contribution >= 4 is 14.9 Å². The maximum absolute atomic E-state index is 12.2. The number of aromatic nitrogens is 2. The molecule has 2 rings (SSSR count). The van der Waals surface area contributed by atoms with Crippen molar-refractivity contribution in [1.82, 2.24) is 14.2 Å². The second-order valence-corrected chi connectivity index (χ2v) is 9.03. The molecule has 10 heteroatoms. The van der Waals surface area contributed by atoms with Gasteiger partial charge in [0.05, 0.1) is 12.2 Å². The first-order valence-corrected chi connectivity index (χ1v) is 11.2. The topological polar surface area (TPSA) is 98.2 Å². The molecule has 4 atom stereocenters. The van der Waals surface area contributed by atoms with Crippen LogP contribution in [0.1, 0.15) is 59.8 Å². The average Bonchev–Trinajstić information content (AvgIpc) is 2.98. The number of ether oxygens (including phenoxy) is 1. The summed E-state index contributed by atoms with van der Waals surface area (Å²) < 4.78 is 21.8. The van der Waals surface area contributed by atoms with Crippen LogP contribution in [0.3, 0.4) is 0 Å². The maximum atomic E-state index is 12.2. The lowest BCUT2D eigenvalue weighted by Crippen LogP contribution is -2.35. The molecule has 9 nitrogen and oxygen atoms in total. The monoisotopic (exact) mass is 428 g/mol. The molecule has 0 bridgehead atoms. The van der Waals surface area contributed by atoms with Crippen LogP contribution in [-0.4, -0.2) is 51.5 Å². The minimum Gasteiger partial charge on any atom is -0.425 e. The summed E-state index contributed by atoms with van der Waals surface area (Å²) in [5.41, 5.74) is -0.419. The molecule has 2 heterocycles. The van der Waals surface area contributed by atoms with E-state index in [-0.39, 0.29) is 29.9 Å². The summed E-state index contributed by atoms with van der Waals surface area (Å²) in [5, 5.41) is 0. The van der Waals surface area contributed by atoms with Gasteiger partial charge in [-0.05, 0) is 48.5 Å². The third-order valence-corrected chi connectivity index (χ3v) is 6.68. The van der Waals surface area contributed by atoms with Crippen molar-refractivity contribution in [3.63, 3.8) is 0 Å². The molecule has 0 spiro atoms. The van der Waals surface area contributed by atoms with Crippen molar-refractivity contribution in [2.45, 2.75) is 85.4 Å². The van der Waals surface area contributed by atoms with Gasteiger partial charge in [-0.25, -0.2) is 9.46 Å². The highest BCUT2D eigenvalue weighted by atomic mass is 31.2. The minimum absolute atomic E-state index is 0.217. The predicted molar refractivity (Wildman–Crippen MR) is 114 cm³/mol. The number of aromatic amines is 1. The molecule has 0 amide bonds. The molecule has 1 aromatic rings. The smallest absolute Gasteiger partial charge is 0.330 e. The lowest BCUT2D eigenvalue weighted by molar-refractivity contribution is -0.00783. The van der Waals surface area contributed by atoms with Gasteiger partial charge in [0.15, 0.2) is 6.40 Å². The van der Waals surface area contributed by atoms with E-state index in [1.165, 1.54) is 17.2 Å². The van der Waals surface area contributed by atoms with Crippen molar-refractivity contribution in [2.24, 2.45) is 4.99 Å². The van der Waals surface area contributed by atoms with E-state index in [1.54, 1.807) is 6.92 Å². The van der Waals surface area contributed by atoms with E-state index in [9.17, 15) is 9.59 Å². The zero-order valence-electron chi connectivity index (χ0n) is 18.3. The minimum atomic E-state index is -1.40. The van der Waals surface area contributed by atoms with Crippen LogP contribution in [0.4, 0.5) is 0 Å². The summed E-state index contributed by atoms with van der Waals surface area (Å²) in [6.07, 6.45) is 2.45. The third-order valence-electron chi connectivity index (χ3n) is 4.65. The highest BCUT2D eigenvalue weighted by Gasteiger charge is 2.39. The molecule has 1 aliphatic heterocycles. The molecule has 1 aliphatic rings. The van der Waals surface area contributed by atoms with E-state index in [1.807, 2.05) is 13.8 Å². The molecular formula is C19H33N4O5P. The van der Waals surface area contributed by atoms with Crippen molar-refractivity contribution in [3.8, 4) is 0 Å². The number of nitrogens with one attached hydrogen (secondary N) is 1. The quantitative estimate of drug-likeness (QED) is 0.369. The van der Waals surface area contributed by atoms with Crippen LogP contribution >= 0.6 is 8.53 Å². The highest BCUT2D eigenvalue weighted by molar-refractivity contribution is 7.45. The van der Waals surface area contributed by atoms with E-state index in [4.69, 9.17) is 13.8 Å². The van der Waals surface area contributed by atoms with Crippen LogP contribution in [0.5, 0.6) is 0 Å². The number of nitrogens with zero attached hydrogens (tertiary/aromatic N) is 3. The fourth-order valence-corrected chi connectivity index (χ4v) is 4.92. The van der Waals surface area contributed by atoms with Crippen LogP contribution < -0.4 is 11.2 Å². The molecule has 1 N–H and O–H groups in total. The number of aryl methyl sites for hydroxylation is 1. The van der Waals surface area contributed by atoms with Crippen LogP contribution in [0, 0.1) is 6.92 Å². The van der Waals surface area contributed by atoms with Gasteiger partial charge in [0.1, 0.15) is 6.23 Å². The van der Waals surface area contributed by atoms with Gasteiger partial charge in [-0.15, -0.1) is 0 Å². The van der Waals surface area contributed by atoms with E-state index in [0.29, 0.717) is 18.5 Å². The first-order chi connectivity index (χ1) is 13.6. The van der Waals surface area contributed by atoms with E-state index < -0.39 is 20.4 Å². The van der Waals surface area contributed by atoms with E-state index >= 15 is 0 Å². The van der Waals surface area contributed by atoms with Crippen molar-refractivity contribution in [1.29, 1.82) is 0 Å². The molecule has 1 fully saturated rings. The van der Waals surface area contributed by atoms with E-state index in [2.05, 4.69) is 42.3 Å². The summed E-state index contributed by atoms with van der Waals surface area (Å²) >= 11 is 0. The van der Waals surface area contributed by atoms with Gasteiger partial charge in [0.25, 0.3) is 5.56 Å². The molecule has 0 saturated carbocycles. The number of rotatable bonds is 9. The Morgan fingerprint density at radius 3 is 2.62 bits per heavy atom. The SMILES string of the molecule is CCN=COP(O[C@@H]1CC(n2cc(C)c(=O)[nH]c2=O)OC1C)N(C(C)C)C(C)C. The molecule has 0 radical (unpaired) electrons. The fourth-order valence-electron chi connectivity index (χ4n) is 3.26. The standard InChI is InChI=1S/C19H33N4O5P/c1-8-20-11-26-29(23(12(2)3)13(4)5)28-16-9-17(27-15(16)7)22-10-14(6)18(24)21-19(22)25/h10-13,15-17H,8-9H2,1-7H3,(H,21,24,25)/t15?,16-,17?,29?/m1/s1. The fraction of sp³-hybridized carbons (Fsp3) is 0.737. The maximum Gasteiger partial charge on any atom is 0.330 e. The van der Waals surface area contributed by atoms with Crippen LogP contribution in [0.2, 0.25) is 0 Å². The zero-order chi connectivity index (χ0) is 21.7. The summed E-state index contributed by atoms with van der Waals surface area (Å²) in [4.78, 5) is 30.3. The largest absolute Gasteiger partial charge is 0.425 e. The second-order valence-electron chi connectivity index (χ2n) is 7.67. The Labute approximate surface area is 173 Å². The Morgan fingerprint density at radius 1 is 1.38 bits per heavy atom. The van der Waals surface area contributed by atoms with Gasteiger partial charge in [-0.1, -0.05) is 0 Å². The summed E-state index contributed by atoms with van der Waals surface area (Å²) in [5.74, 6) is 0. The normalized spacial score (nSPS) is 23.6. The summed E-state index contributed by atoms with van der Waals surface area (Å²) in [6.45, 7) is 14.5.